The van der Waals surface area contributed by atoms with Crippen LogP contribution in [0.3, 0.4) is 0 Å². The molecule has 0 spiro atoms. The van der Waals surface area contributed by atoms with Crippen molar-refractivity contribution in [2.45, 2.75) is 26.7 Å². The summed E-state index contributed by atoms with van der Waals surface area (Å²) in [5, 5.41) is 2.90. The van der Waals surface area contributed by atoms with Gasteiger partial charge in [0, 0.05) is 13.0 Å². The Bertz CT molecular complexity index is 544. The van der Waals surface area contributed by atoms with E-state index in [9.17, 15) is 4.79 Å². The first-order chi connectivity index (χ1) is 9.15. The molecule has 2 rings (SSSR count). The number of rotatable bonds is 5. The van der Waals surface area contributed by atoms with Crippen molar-refractivity contribution in [3.8, 4) is 0 Å². The summed E-state index contributed by atoms with van der Waals surface area (Å²) in [6.45, 7) is 4.74. The first kappa shape index (κ1) is 13.4. The van der Waals surface area contributed by atoms with Gasteiger partial charge in [0.05, 0.1) is 12.7 Å². The molecule has 3 nitrogen and oxygen atoms in total. The molecule has 0 atom stereocenters. The highest BCUT2D eigenvalue weighted by atomic mass is 16.3. The van der Waals surface area contributed by atoms with Gasteiger partial charge in [0.2, 0.25) is 5.91 Å². The van der Waals surface area contributed by atoms with Crippen molar-refractivity contribution in [2.24, 2.45) is 0 Å². The molecular formula is C16H19NO2. The zero-order valence-corrected chi connectivity index (χ0v) is 11.4. The van der Waals surface area contributed by atoms with Gasteiger partial charge in [-0.15, -0.1) is 0 Å². The van der Waals surface area contributed by atoms with E-state index < -0.39 is 0 Å². The predicted molar refractivity (Wildman–Crippen MR) is 75.0 cm³/mol. The number of aryl methyl sites for hydroxylation is 2. The maximum Gasteiger partial charge on any atom is 0.224 e. The van der Waals surface area contributed by atoms with Gasteiger partial charge in [-0.05, 0) is 42.7 Å². The van der Waals surface area contributed by atoms with E-state index in [0.717, 1.165) is 17.7 Å². The van der Waals surface area contributed by atoms with Crippen LogP contribution in [0.2, 0.25) is 0 Å². The van der Waals surface area contributed by atoms with Crippen molar-refractivity contribution >= 4 is 5.91 Å². The SMILES string of the molecule is Cc1ccc(CC(=O)NCCc2ccco2)cc1C. The van der Waals surface area contributed by atoms with Gasteiger partial charge in [-0.25, -0.2) is 0 Å². The number of carbonyl (C=O) groups excluding carboxylic acids is 1. The minimum absolute atomic E-state index is 0.0507. The van der Waals surface area contributed by atoms with Crippen LogP contribution in [0.5, 0.6) is 0 Å². The van der Waals surface area contributed by atoms with Crippen molar-refractivity contribution in [1.29, 1.82) is 0 Å². The molecule has 2 aromatic rings. The molecule has 0 bridgehead atoms. The Balaban J connectivity index is 1.79. The van der Waals surface area contributed by atoms with E-state index in [2.05, 4.69) is 31.3 Å². The molecule has 1 amide bonds. The zero-order chi connectivity index (χ0) is 13.7. The number of amides is 1. The molecule has 0 aliphatic rings. The Morgan fingerprint density at radius 3 is 2.74 bits per heavy atom. The lowest BCUT2D eigenvalue weighted by Crippen LogP contribution is -2.27. The van der Waals surface area contributed by atoms with E-state index in [1.54, 1.807) is 6.26 Å². The van der Waals surface area contributed by atoms with E-state index in [1.807, 2.05) is 18.2 Å². The van der Waals surface area contributed by atoms with Crippen molar-refractivity contribution < 1.29 is 9.21 Å². The average Bonchev–Trinajstić information content (AvgIpc) is 2.87. The Hall–Kier alpha value is -2.03. The fourth-order valence-corrected chi connectivity index (χ4v) is 1.94. The Kier molecular flexibility index (Phi) is 4.39. The van der Waals surface area contributed by atoms with E-state index in [1.165, 1.54) is 11.1 Å². The van der Waals surface area contributed by atoms with Gasteiger partial charge in [-0.2, -0.15) is 0 Å². The minimum atomic E-state index is 0.0507. The molecule has 1 N–H and O–H groups in total. The lowest BCUT2D eigenvalue weighted by molar-refractivity contribution is -0.120. The molecule has 1 aromatic carbocycles. The van der Waals surface area contributed by atoms with Crippen molar-refractivity contribution in [2.75, 3.05) is 6.54 Å². The van der Waals surface area contributed by atoms with Crippen LogP contribution in [0.4, 0.5) is 0 Å². The van der Waals surface area contributed by atoms with Gasteiger partial charge in [-0.3, -0.25) is 4.79 Å². The third-order valence-corrected chi connectivity index (χ3v) is 3.21. The van der Waals surface area contributed by atoms with Crippen LogP contribution in [0.1, 0.15) is 22.5 Å². The fraction of sp³-hybridized carbons (Fsp3) is 0.312. The number of carbonyl (C=O) groups is 1. The highest BCUT2D eigenvalue weighted by molar-refractivity contribution is 5.78. The van der Waals surface area contributed by atoms with E-state index in [-0.39, 0.29) is 5.91 Å². The number of hydrogen-bond acceptors (Lipinski definition) is 2. The molecule has 0 unspecified atom stereocenters. The largest absolute Gasteiger partial charge is 0.469 e. The summed E-state index contributed by atoms with van der Waals surface area (Å²) in [5.74, 6) is 0.946. The third kappa shape index (κ3) is 3.98. The van der Waals surface area contributed by atoms with Crippen LogP contribution in [0.25, 0.3) is 0 Å². The second-order valence-electron chi connectivity index (χ2n) is 4.77. The summed E-state index contributed by atoms with van der Waals surface area (Å²) in [6, 6.07) is 9.90. The molecular weight excluding hydrogens is 238 g/mol. The monoisotopic (exact) mass is 257 g/mol. The molecule has 0 radical (unpaired) electrons. The van der Waals surface area contributed by atoms with Crippen LogP contribution in [0, 0.1) is 13.8 Å². The van der Waals surface area contributed by atoms with E-state index >= 15 is 0 Å². The maximum absolute atomic E-state index is 11.8. The molecule has 0 aliphatic heterocycles. The van der Waals surface area contributed by atoms with Gasteiger partial charge >= 0.3 is 0 Å². The average molecular weight is 257 g/mol. The first-order valence-corrected chi connectivity index (χ1v) is 6.50. The van der Waals surface area contributed by atoms with Gasteiger partial charge in [0.25, 0.3) is 0 Å². The first-order valence-electron chi connectivity index (χ1n) is 6.50. The summed E-state index contributed by atoms with van der Waals surface area (Å²) >= 11 is 0. The summed E-state index contributed by atoms with van der Waals surface area (Å²) in [7, 11) is 0. The Morgan fingerprint density at radius 1 is 1.21 bits per heavy atom. The molecule has 100 valence electrons. The van der Waals surface area contributed by atoms with Crippen molar-refractivity contribution in [3.05, 3.63) is 59.0 Å². The predicted octanol–water partition coefficient (Wildman–Crippen LogP) is 2.80. The van der Waals surface area contributed by atoms with Crippen LogP contribution in [-0.4, -0.2) is 12.5 Å². The molecule has 19 heavy (non-hydrogen) atoms. The Labute approximate surface area is 113 Å². The molecule has 1 aromatic heterocycles. The quantitative estimate of drug-likeness (QED) is 0.895. The van der Waals surface area contributed by atoms with Crippen LogP contribution in [0.15, 0.2) is 41.0 Å². The minimum Gasteiger partial charge on any atom is -0.469 e. The number of nitrogens with one attached hydrogen (secondary N) is 1. The molecule has 0 saturated heterocycles. The smallest absolute Gasteiger partial charge is 0.224 e. The normalized spacial score (nSPS) is 10.4. The molecule has 0 fully saturated rings. The fourth-order valence-electron chi connectivity index (χ4n) is 1.94. The molecule has 3 heteroatoms. The van der Waals surface area contributed by atoms with E-state index in [4.69, 9.17) is 4.42 Å². The number of hydrogen-bond donors (Lipinski definition) is 1. The second-order valence-corrected chi connectivity index (χ2v) is 4.77. The maximum atomic E-state index is 11.8. The molecule has 1 heterocycles. The lowest BCUT2D eigenvalue weighted by atomic mass is 10.0. The zero-order valence-electron chi connectivity index (χ0n) is 11.4. The Morgan fingerprint density at radius 2 is 2.05 bits per heavy atom. The summed E-state index contributed by atoms with van der Waals surface area (Å²) in [6.07, 6.45) is 2.80. The standard InChI is InChI=1S/C16H19NO2/c1-12-5-6-14(10-13(12)2)11-16(18)17-8-7-15-4-3-9-19-15/h3-6,9-10H,7-8,11H2,1-2H3,(H,17,18). The van der Waals surface area contributed by atoms with Gasteiger partial charge in [-0.1, -0.05) is 18.2 Å². The van der Waals surface area contributed by atoms with Crippen molar-refractivity contribution in [1.82, 2.24) is 5.32 Å². The lowest BCUT2D eigenvalue weighted by Gasteiger charge is -2.06. The second kappa shape index (κ2) is 6.23. The van der Waals surface area contributed by atoms with E-state index in [0.29, 0.717) is 13.0 Å². The highest BCUT2D eigenvalue weighted by Crippen LogP contribution is 2.10. The third-order valence-electron chi connectivity index (χ3n) is 3.21. The van der Waals surface area contributed by atoms with Gasteiger partial charge in [0.15, 0.2) is 0 Å². The van der Waals surface area contributed by atoms with Gasteiger partial charge in [0.1, 0.15) is 5.76 Å². The molecule has 0 aliphatic carbocycles. The van der Waals surface area contributed by atoms with Crippen LogP contribution < -0.4 is 5.32 Å². The number of furan rings is 1. The summed E-state index contributed by atoms with van der Waals surface area (Å²) in [5.41, 5.74) is 3.53. The van der Waals surface area contributed by atoms with Crippen LogP contribution in [-0.2, 0) is 17.6 Å². The summed E-state index contributed by atoms with van der Waals surface area (Å²) in [4.78, 5) is 11.8. The van der Waals surface area contributed by atoms with Crippen molar-refractivity contribution in [3.63, 3.8) is 0 Å². The highest BCUT2D eigenvalue weighted by Gasteiger charge is 2.04. The summed E-state index contributed by atoms with van der Waals surface area (Å²) < 4.78 is 5.21. The molecule has 0 saturated carbocycles. The number of benzene rings is 1. The van der Waals surface area contributed by atoms with Crippen LogP contribution >= 0.6 is 0 Å². The van der Waals surface area contributed by atoms with Gasteiger partial charge < -0.3 is 9.73 Å². The topological polar surface area (TPSA) is 42.2 Å².